The zero-order valence-electron chi connectivity index (χ0n) is 15.5. The maximum Gasteiger partial charge on any atom is 0.262 e. The van der Waals surface area contributed by atoms with E-state index in [1.54, 1.807) is 18.2 Å². The molecule has 3 rings (SSSR count). The Morgan fingerprint density at radius 1 is 1.19 bits per heavy atom. The summed E-state index contributed by atoms with van der Waals surface area (Å²) in [4.78, 5) is 26.0. The van der Waals surface area contributed by atoms with Gasteiger partial charge in [-0.05, 0) is 60.4 Å². The average molecular weight is 387 g/mol. The standard InChI is InChI=1S/C21H23ClN2O3/c1-3-21(26)24-9-8-15-4-5-17(11-16(15)12-24)23-20(25)13-27-18-6-7-19(22)14(2)10-18/h4-7,10-11H,3,8-9,12-13H2,1-2H3,(H,23,25). The minimum absolute atomic E-state index is 0.0847. The van der Waals surface area contributed by atoms with E-state index in [1.165, 1.54) is 5.56 Å². The van der Waals surface area contributed by atoms with Crippen molar-refractivity contribution < 1.29 is 14.3 Å². The van der Waals surface area contributed by atoms with E-state index in [2.05, 4.69) is 5.32 Å². The molecule has 0 spiro atoms. The summed E-state index contributed by atoms with van der Waals surface area (Å²) in [6.07, 6.45) is 1.35. The summed E-state index contributed by atoms with van der Waals surface area (Å²) in [7, 11) is 0. The second-order valence-corrected chi connectivity index (χ2v) is 7.06. The number of ether oxygens (including phenoxy) is 1. The second kappa shape index (κ2) is 8.44. The van der Waals surface area contributed by atoms with Crippen LogP contribution in [-0.4, -0.2) is 29.9 Å². The van der Waals surface area contributed by atoms with E-state index in [4.69, 9.17) is 16.3 Å². The van der Waals surface area contributed by atoms with Crippen LogP contribution in [0.5, 0.6) is 5.75 Å². The fourth-order valence-electron chi connectivity index (χ4n) is 3.12. The van der Waals surface area contributed by atoms with Crippen molar-refractivity contribution in [3.8, 4) is 5.75 Å². The number of nitrogens with one attached hydrogen (secondary N) is 1. The van der Waals surface area contributed by atoms with Gasteiger partial charge in [0.15, 0.2) is 6.61 Å². The number of halogens is 1. The van der Waals surface area contributed by atoms with E-state index in [9.17, 15) is 9.59 Å². The van der Waals surface area contributed by atoms with Crippen molar-refractivity contribution in [2.45, 2.75) is 33.2 Å². The van der Waals surface area contributed by atoms with Crippen molar-refractivity contribution in [1.82, 2.24) is 4.90 Å². The minimum atomic E-state index is -0.236. The molecule has 1 heterocycles. The molecule has 0 atom stereocenters. The monoisotopic (exact) mass is 386 g/mol. The fourth-order valence-corrected chi connectivity index (χ4v) is 3.24. The van der Waals surface area contributed by atoms with Gasteiger partial charge in [0.05, 0.1) is 0 Å². The molecule has 6 heteroatoms. The van der Waals surface area contributed by atoms with Crippen LogP contribution in [0.25, 0.3) is 0 Å². The van der Waals surface area contributed by atoms with Crippen molar-refractivity contribution in [3.05, 3.63) is 58.1 Å². The summed E-state index contributed by atoms with van der Waals surface area (Å²) in [6, 6.07) is 11.1. The lowest BCUT2D eigenvalue weighted by Gasteiger charge is -2.29. The smallest absolute Gasteiger partial charge is 0.262 e. The molecule has 2 amide bonds. The van der Waals surface area contributed by atoms with Crippen LogP contribution in [0.3, 0.4) is 0 Å². The lowest BCUT2D eigenvalue weighted by atomic mass is 9.99. The highest BCUT2D eigenvalue weighted by molar-refractivity contribution is 6.31. The van der Waals surface area contributed by atoms with Crippen molar-refractivity contribution in [2.24, 2.45) is 0 Å². The molecule has 0 bridgehead atoms. The predicted molar refractivity (Wildman–Crippen MR) is 106 cm³/mol. The highest BCUT2D eigenvalue weighted by Gasteiger charge is 2.20. The third-order valence-electron chi connectivity index (χ3n) is 4.66. The van der Waals surface area contributed by atoms with Crippen LogP contribution in [0.4, 0.5) is 5.69 Å². The number of rotatable bonds is 5. The minimum Gasteiger partial charge on any atom is -0.484 e. The van der Waals surface area contributed by atoms with Crippen LogP contribution in [0.2, 0.25) is 5.02 Å². The van der Waals surface area contributed by atoms with Gasteiger partial charge in [-0.25, -0.2) is 0 Å². The quantitative estimate of drug-likeness (QED) is 0.846. The molecule has 0 fully saturated rings. The van der Waals surface area contributed by atoms with Gasteiger partial charge in [-0.1, -0.05) is 24.6 Å². The van der Waals surface area contributed by atoms with Gasteiger partial charge in [0, 0.05) is 30.2 Å². The third-order valence-corrected chi connectivity index (χ3v) is 5.08. The number of carbonyl (C=O) groups excluding carboxylic acids is 2. The summed E-state index contributed by atoms with van der Waals surface area (Å²) in [5.74, 6) is 0.521. The van der Waals surface area contributed by atoms with Crippen LogP contribution < -0.4 is 10.1 Å². The van der Waals surface area contributed by atoms with Gasteiger partial charge in [0.25, 0.3) is 5.91 Å². The summed E-state index contributed by atoms with van der Waals surface area (Å²) >= 11 is 5.99. The van der Waals surface area contributed by atoms with E-state index in [0.29, 0.717) is 29.4 Å². The Hall–Kier alpha value is -2.53. The highest BCUT2D eigenvalue weighted by atomic mass is 35.5. The molecule has 27 heavy (non-hydrogen) atoms. The number of nitrogens with zero attached hydrogens (tertiary/aromatic N) is 1. The van der Waals surface area contributed by atoms with Gasteiger partial charge in [-0.3, -0.25) is 9.59 Å². The zero-order chi connectivity index (χ0) is 19.4. The average Bonchev–Trinajstić information content (AvgIpc) is 2.67. The molecule has 142 valence electrons. The van der Waals surface area contributed by atoms with E-state index in [-0.39, 0.29) is 18.4 Å². The molecule has 0 radical (unpaired) electrons. The number of benzene rings is 2. The molecule has 1 aliphatic heterocycles. The second-order valence-electron chi connectivity index (χ2n) is 6.65. The summed E-state index contributed by atoms with van der Waals surface area (Å²) < 4.78 is 5.53. The van der Waals surface area contributed by atoms with Crippen LogP contribution in [-0.2, 0) is 22.6 Å². The molecule has 0 saturated carbocycles. The first-order valence-electron chi connectivity index (χ1n) is 9.04. The molecule has 0 aromatic heterocycles. The fraction of sp³-hybridized carbons (Fsp3) is 0.333. The number of anilines is 1. The van der Waals surface area contributed by atoms with Crippen molar-refractivity contribution in [2.75, 3.05) is 18.5 Å². The van der Waals surface area contributed by atoms with Crippen LogP contribution in [0.15, 0.2) is 36.4 Å². The number of amides is 2. The first kappa shape index (κ1) is 19.2. The molecule has 1 aliphatic rings. The van der Waals surface area contributed by atoms with Crippen molar-refractivity contribution >= 4 is 29.1 Å². The van der Waals surface area contributed by atoms with Gasteiger partial charge < -0.3 is 15.0 Å². The maximum atomic E-state index is 12.2. The normalized spacial score (nSPS) is 13.1. The lowest BCUT2D eigenvalue weighted by molar-refractivity contribution is -0.131. The largest absolute Gasteiger partial charge is 0.484 e. The Labute approximate surface area is 164 Å². The maximum absolute atomic E-state index is 12.2. The van der Waals surface area contributed by atoms with E-state index < -0.39 is 0 Å². The van der Waals surface area contributed by atoms with E-state index in [1.807, 2.05) is 36.9 Å². The van der Waals surface area contributed by atoms with Crippen LogP contribution >= 0.6 is 11.6 Å². The predicted octanol–water partition coefficient (Wildman–Crippen LogP) is 3.96. The highest BCUT2D eigenvalue weighted by Crippen LogP contribution is 2.24. The lowest BCUT2D eigenvalue weighted by Crippen LogP contribution is -2.35. The van der Waals surface area contributed by atoms with Gasteiger partial charge in [-0.2, -0.15) is 0 Å². The topological polar surface area (TPSA) is 58.6 Å². The first-order chi connectivity index (χ1) is 13.0. The Morgan fingerprint density at radius 2 is 2.00 bits per heavy atom. The number of carbonyl (C=O) groups is 2. The number of hydrogen-bond acceptors (Lipinski definition) is 3. The third kappa shape index (κ3) is 4.80. The Balaban J connectivity index is 1.60. The van der Waals surface area contributed by atoms with Gasteiger partial charge in [0.2, 0.25) is 5.91 Å². The Morgan fingerprint density at radius 3 is 2.74 bits per heavy atom. The molecular formula is C21H23ClN2O3. The summed E-state index contributed by atoms with van der Waals surface area (Å²) in [5, 5.41) is 3.52. The molecule has 2 aromatic rings. The summed E-state index contributed by atoms with van der Waals surface area (Å²) in [6.45, 7) is 5.01. The molecule has 5 nitrogen and oxygen atoms in total. The Kier molecular flexibility index (Phi) is 6.01. The summed E-state index contributed by atoms with van der Waals surface area (Å²) in [5.41, 5.74) is 3.91. The Bertz CT molecular complexity index is 867. The van der Waals surface area contributed by atoms with Gasteiger partial charge in [-0.15, -0.1) is 0 Å². The SMILES string of the molecule is CCC(=O)N1CCc2ccc(NC(=O)COc3ccc(Cl)c(C)c3)cc2C1. The van der Waals surface area contributed by atoms with Crippen molar-refractivity contribution in [3.63, 3.8) is 0 Å². The van der Waals surface area contributed by atoms with E-state index >= 15 is 0 Å². The number of aryl methyl sites for hydroxylation is 1. The molecule has 0 saturated heterocycles. The molecule has 0 unspecified atom stereocenters. The molecule has 1 N–H and O–H groups in total. The van der Waals surface area contributed by atoms with Crippen LogP contribution in [0, 0.1) is 6.92 Å². The first-order valence-corrected chi connectivity index (χ1v) is 9.42. The van der Waals surface area contributed by atoms with E-state index in [0.717, 1.165) is 24.1 Å². The van der Waals surface area contributed by atoms with Gasteiger partial charge >= 0.3 is 0 Å². The van der Waals surface area contributed by atoms with Crippen molar-refractivity contribution in [1.29, 1.82) is 0 Å². The molecule has 2 aromatic carbocycles. The zero-order valence-corrected chi connectivity index (χ0v) is 16.3. The number of hydrogen-bond donors (Lipinski definition) is 1. The molecular weight excluding hydrogens is 364 g/mol. The number of fused-ring (bicyclic) bond motifs is 1. The van der Waals surface area contributed by atoms with Gasteiger partial charge in [0.1, 0.15) is 5.75 Å². The van der Waals surface area contributed by atoms with Crippen LogP contribution in [0.1, 0.15) is 30.0 Å². The molecule has 0 aliphatic carbocycles.